The lowest BCUT2D eigenvalue weighted by molar-refractivity contribution is -0.117. The summed E-state index contributed by atoms with van der Waals surface area (Å²) in [6.07, 6.45) is 1.76. The van der Waals surface area contributed by atoms with Crippen LogP contribution in [0.1, 0.15) is 5.56 Å². The summed E-state index contributed by atoms with van der Waals surface area (Å²) in [6, 6.07) is 7.30. The van der Waals surface area contributed by atoms with Crippen LogP contribution >= 0.6 is 15.9 Å². The molecule has 1 aromatic carbocycles. The summed E-state index contributed by atoms with van der Waals surface area (Å²) in [5.41, 5.74) is 12.4. The highest BCUT2D eigenvalue weighted by atomic mass is 79.9. The molecule has 0 atom stereocenters. The van der Waals surface area contributed by atoms with Crippen LogP contribution in [0.15, 0.2) is 34.9 Å². The first-order chi connectivity index (χ1) is 9.04. The normalized spacial score (nSPS) is 10.2. The fourth-order valence-electron chi connectivity index (χ4n) is 1.53. The molecule has 5 N–H and O–H groups in total. The third-order valence-electron chi connectivity index (χ3n) is 2.33. The molecule has 2 aromatic rings. The van der Waals surface area contributed by atoms with Gasteiger partial charge in [-0.25, -0.2) is 4.98 Å². The van der Waals surface area contributed by atoms with Gasteiger partial charge in [0.05, 0.1) is 10.9 Å². The molecule has 1 aromatic heterocycles. The average Bonchev–Trinajstić information content (AvgIpc) is 2.33. The average molecular weight is 322 g/mol. The minimum absolute atomic E-state index is 0.193. The van der Waals surface area contributed by atoms with E-state index in [1.165, 1.54) is 0 Å². The Balaban J connectivity index is 2.18. The number of nitrogens with one attached hydrogen (secondary N) is 1. The molecule has 1 amide bonds. The predicted molar refractivity (Wildman–Crippen MR) is 76.8 cm³/mol. The van der Waals surface area contributed by atoms with Crippen molar-refractivity contribution < 1.29 is 4.79 Å². The minimum atomic E-state index is -0.374. The van der Waals surface area contributed by atoms with E-state index in [9.17, 15) is 4.79 Å². The zero-order valence-corrected chi connectivity index (χ0v) is 11.5. The number of anilines is 3. The van der Waals surface area contributed by atoms with E-state index in [4.69, 9.17) is 11.5 Å². The zero-order valence-electron chi connectivity index (χ0n) is 9.93. The van der Waals surface area contributed by atoms with E-state index in [1.54, 1.807) is 6.20 Å². The van der Waals surface area contributed by atoms with Gasteiger partial charge in [-0.2, -0.15) is 4.98 Å². The Morgan fingerprint density at radius 2 is 2.21 bits per heavy atom. The molecular weight excluding hydrogens is 310 g/mol. The number of nitrogen functional groups attached to an aromatic ring is 1. The van der Waals surface area contributed by atoms with Crippen molar-refractivity contribution in [3.63, 3.8) is 0 Å². The molecule has 0 unspecified atom stereocenters. The van der Waals surface area contributed by atoms with E-state index in [-0.39, 0.29) is 12.3 Å². The molecule has 0 bridgehead atoms. The van der Waals surface area contributed by atoms with E-state index >= 15 is 0 Å². The summed E-state index contributed by atoms with van der Waals surface area (Å²) >= 11 is 3.22. The van der Waals surface area contributed by atoms with E-state index in [0.717, 1.165) is 11.3 Å². The van der Waals surface area contributed by atoms with E-state index in [1.807, 2.05) is 24.3 Å². The van der Waals surface area contributed by atoms with Gasteiger partial charge in [-0.05, 0) is 33.6 Å². The van der Waals surface area contributed by atoms with Crippen LogP contribution in [0.4, 0.5) is 17.5 Å². The van der Waals surface area contributed by atoms with Gasteiger partial charge < -0.3 is 16.8 Å². The second kappa shape index (κ2) is 5.66. The van der Waals surface area contributed by atoms with Crippen LogP contribution < -0.4 is 16.8 Å². The number of rotatable bonds is 4. The number of nitrogens with zero attached hydrogens (tertiary/aromatic N) is 2. The highest BCUT2D eigenvalue weighted by Crippen LogP contribution is 2.19. The molecule has 1 heterocycles. The molecule has 6 nitrogen and oxygen atoms in total. The second-order valence-corrected chi connectivity index (χ2v) is 4.75. The van der Waals surface area contributed by atoms with E-state index < -0.39 is 0 Å². The fraction of sp³-hybridized carbons (Fsp3) is 0.0833. The molecule has 0 aliphatic rings. The molecule has 0 aliphatic heterocycles. The minimum Gasteiger partial charge on any atom is -0.383 e. The third kappa shape index (κ3) is 3.65. The van der Waals surface area contributed by atoms with Crippen molar-refractivity contribution in [2.24, 2.45) is 5.73 Å². The van der Waals surface area contributed by atoms with Gasteiger partial charge in [-0.1, -0.05) is 12.1 Å². The summed E-state index contributed by atoms with van der Waals surface area (Å²) in [5.74, 6) is 0.365. The fourth-order valence-corrected chi connectivity index (χ4v) is 1.72. The number of primary amides is 1. The Hall–Kier alpha value is -2.15. The van der Waals surface area contributed by atoms with Crippen LogP contribution in [0, 0.1) is 0 Å². The Bertz CT molecular complexity index is 617. The van der Waals surface area contributed by atoms with Gasteiger partial charge in [0, 0.05) is 11.9 Å². The van der Waals surface area contributed by atoms with Crippen molar-refractivity contribution in [3.8, 4) is 0 Å². The summed E-state index contributed by atoms with van der Waals surface area (Å²) in [4.78, 5) is 19.0. The maximum Gasteiger partial charge on any atom is 0.229 e. The molecule has 0 spiro atoms. The number of amides is 1. The summed E-state index contributed by atoms with van der Waals surface area (Å²) in [6.45, 7) is 0. The Morgan fingerprint density at radius 1 is 1.42 bits per heavy atom. The first kappa shape index (κ1) is 13.3. The SMILES string of the molecule is NC(=O)Cc1cccc(Nc2ncc(Br)c(N)n2)c1. The maximum atomic E-state index is 10.9. The van der Waals surface area contributed by atoms with Gasteiger partial charge in [0.15, 0.2) is 0 Å². The Kier molecular flexibility index (Phi) is 3.96. The van der Waals surface area contributed by atoms with E-state index in [0.29, 0.717) is 16.2 Å². The van der Waals surface area contributed by atoms with Crippen molar-refractivity contribution in [1.82, 2.24) is 9.97 Å². The predicted octanol–water partition coefficient (Wildman–Crippen LogP) is 1.59. The van der Waals surface area contributed by atoms with Gasteiger partial charge in [0.1, 0.15) is 5.82 Å². The van der Waals surface area contributed by atoms with Crippen LogP contribution in [-0.2, 0) is 11.2 Å². The highest BCUT2D eigenvalue weighted by Gasteiger charge is 2.04. The second-order valence-electron chi connectivity index (χ2n) is 3.90. The first-order valence-electron chi connectivity index (χ1n) is 5.47. The standard InChI is InChI=1S/C12H12BrN5O/c13-9-6-16-12(18-11(9)15)17-8-3-1-2-7(4-8)5-10(14)19/h1-4,6H,5H2,(H2,14,19)(H3,15,16,17,18). The number of hydrogen-bond acceptors (Lipinski definition) is 5. The molecule has 0 saturated carbocycles. The van der Waals surface area contributed by atoms with Crippen LogP contribution in [0.2, 0.25) is 0 Å². The quantitative estimate of drug-likeness (QED) is 0.792. The lowest BCUT2D eigenvalue weighted by Crippen LogP contribution is -2.13. The molecule has 2 rings (SSSR count). The van der Waals surface area contributed by atoms with Crippen LogP contribution in [0.3, 0.4) is 0 Å². The van der Waals surface area contributed by atoms with Crippen LogP contribution in [0.5, 0.6) is 0 Å². The van der Waals surface area contributed by atoms with Gasteiger partial charge >= 0.3 is 0 Å². The Labute approximate surface area is 118 Å². The molecule has 0 radical (unpaired) electrons. The number of aromatic nitrogens is 2. The summed E-state index contributed by atoms with van der Waals surface area (Å²) < 4.78 is 0.639. The zero-order chi connectivity index (χ0) is 13.8. The Morgan fingerprint density at radius 3 is 2.89 bits per heavy atom. The summed E-state index contributed by atoms with van der Waals surface area (Å²) in [7, 11) is 0. The molecule has 19 heavy (non-hydrogen) atoms. The monoisotopic (exact) mass is 321 g/mol. The van der Waals surface area contributed by atoms with Crippen LogP contribution in [-0.4, -0.2) is 15.9 Å². The van der Waals surface area contributed by atoms with Gasteiger partial charge in [-0.3, -0.25) is 4.79 Å². The van der Waals surface area contributed by atoms with Crippen molar-refractivity contribution in [3.05, 3.63) is 40.5 Å². The number of carbonyl (C=O) groups excluding carboxylic acids is 1. The third-order valence-corrected chi connectivity index (χ3v) is 2.94. The van der Waals surface area contributed by atoms with Crippen molar-refractivity contribution >= 4 is 39.3 Å². The number of halogens is 1. The number of benzene rings is 1. The first-order valence-corrected chi connectivity index (χ1v) is 6.26. The van der Waals surface area contributed by atoms with Gasteiger partial charge in [-0.15, -0.1) is 0 Å². The van der Waals surface area contributed by atoms with E-state index in [2.05, 4.69) is 31.2 Å². The number of hydrogen-bond donors (Lipinski definition) is 3. The molecule has 7 heteroatoms. The van der Waals surface area contributed by atoms with Crippen molar-refractivity contribution in [2.75, 3.05) is 11.1 Å². The largest absolute Gasteiger partial charge is 0.383 e. The molecule has 0 fully saturated rings. The molecular formula is C12H12BrN5O. The topological polar surface area (TPSA) is 107 Å². The highest BCUT2D eigenvalue weighted by molar-refractivity contribution is 9.10. The van der Waals surface area contributed by atoms with Crippen molar-refractivity contribution in [1.29, 1.82) is 0 Å². The van der Waals surface area contributed by atoms with Crippen LogP contribution in [0.25, 0.3) is 0 Å². The summed E-state index contributed by atoms with van der Waals surface area (Å²) in [5, 5.41) is 3.01. The maximum absolute atomic E-state index is 10.9. The molecule has 98 valence electrons. The molecule has 0 aliphatic carbocycles. The molecule has 0 saturated heterocycles. The van der Waals surface area contributed by atoms with Gasteiger partial charge in [0.25, 0.3) is 0 Å². The lowest BCUT2D eigenvalue weighted by Gasteiger charge is -2.07. The number of nitrogens with two attached hydrogens (primary N) is 2. The lowest BCUT2D eigenvalue weighted by atomic mass is 10.1. The smallest absolute Gasteiger partial charge is 0.229 e. The van der Waals surface area contributed by atoms with Gasteiger partial charge in [0.2, 0.25) is 11.9 Å². The number of carbonyl (C=O) groups is 1. The van der Waals surface area contributed by atoms with Crippen molar-refractivity contribution in [2.45, 2.75) is 6.42 Å².